The predicted molar refractivity (Wildman–Crippen MR) is 518 cm³/mol. The number of fused-ring (bicyclic) bond motifs is 16. The van der Waals surface area contributed by atoms with E-state index in [0.29, 0.717) is 103 Å². The third-order valence-electron chi connectivity index (χ3n) is 25.4. The van der Waals surface area contributed by atoms with E-state index in [1.807, 2.05) is 81.3 Å². The van der Waals surface area contributed by atoms with E-state index in [1.165, 1.54) is 93.6 Å². The second-order valence-electron chi connectivity index (χ2n) is 36.5. The van der Waals surface area contributed by atoms with Crippen LogP contribution in [0.25, 0.3) is 43.6 Å². The van der Waals surface area contributed by atoms with E-state index in [9.17, 15) is 36.7 Å². The molecule has 3 amide bonds. The Morgan fingerprint density at radius 3 is 1.07 bits per heavy atom. The van der Waals surface area contributed by atoms with Crippen molar-refractivity contribution in [1.29, 1.82) is 0 Å². The number of halogens is 7. The Morgan fingerprint density at radius 2 is 0.759 bits per heavy atom. The second kappa shape index (κ2) is 47.5. The Kier molecular flexibility index (Phi) is 36.7. The maximum absolute atomic E-state index is 15.3. The van der Waals surface area contributed by atoms with Gasteiger partial charge in [0.2, 0.25) is 29.0 Å². The summed E-state index contributed by atoms with van der Waals surface area (Å²) in [5.74, 6) is -0.508. The van der Waals surface area contributed by atoms with E-state index in [1.54, 1.807) is 47.4 Å². The minimum absolute atomic E-state index is 0. The number of nitrogens with two attached hydrogens (primary N) is 4. The molecule has 13 N–H and O–H groups in total. The van der Waals surface area contributed by atoms with Gasteiger partial charge in [-0.1, -0.05) is 38.1 Å². The van der Waals surface area contributed by atoms with Crippen molar-refractivity contribution in [1.82, 2.24) is 75.8 Å². The summed E-state index contributed by atoms with van der Waals surface area (Å²) in [4.78, 5) is 94.3. The molecule has 10 atom stereocenters. The predicted octanol–water partition coefficient (Wildman–Crippen LogP) is 9.88. The summed E-state index contributed by atoms with van der Waals surface area (Å²) in [6.45, 7) is 22.2. The standard InChI is InChI=1S/C27H32F2N6O3.C21H28FN5O4.C16H20FN5O2.C11H13FNO.C11H20N2O2.C10H9ClFN3O2.Li.H2O/c1-4-31-20(15-5-7-16(28)8-6-15)12-22(36)34-13-18-10-9-17(34)14-35(18)27-32-24-19(26(30)33-27)11-21(37-2)25(38-3)23(24)29;1-21(2,3)31-20(28)27-10-11-6-7-12(27)9-26(11)19-24-16-13(18(23)25-19)8-14(29-4)17(30-5)15(16)22;1-23-11-5-10-13(12(17)14(11)24-2)20-16(21-15(10)18)22-7-8-3-4-9(22)6-19-8;1-2-13-11(7-8-14)9-3-5-10(12)6-4-9;1-11(2,3)15-10(14)13-7-8-4-5-9(13)6-12-8;1-16-5-3-4-7(6(12)8(5)17-2)14-10(11)15-9(4)13;;/h5-8,11,17-18,20,31H,4,9-10,12-14H2,1-3H3,(H2,30,32,33);8,11-12H,6-7,9-10H2,1-5H3,(H2,23,24,25);5,8-9,19H,3-4,6-7H2,1-2H3,(H2,18,20,21);3-6,11,13H,2,7H2,1H3;8-9,12H,4-7H2,1-3H3;3H,1-2H3,(H2,13,14,15);;1H2/q;;;-1;;;+1;/p-1/t17?,18?,20-;;;11-;;;;/m1..1..../s1. The third-order valence-corrected chi connectivity index (χ3v) is 25.5. The van der Waals surface area contributed by atoms with Crippen LogP contribution in [0, 0.1) is 34.9 Å². The first kappa shape index (κ1) is 109. The largest absolute Gasteiger partial charge is 1.00 e. The van der Waals surface area contributed by atoms with Crippen molar-refractivity contribution < 1.29 is 117 Å². The molecule has 12 saturated heterocycles. The first-order chi connectivity index (χ1) is 66.4. The topological polar surface area (TPSA) is 465 Å². The van der Waals surface area contributed by atoms with Crippen molar-refractivity contribution in [2.45, 2.75) is 191 Å². The summed E-state index contributed by atoms with van der Waals surface area (Å²) in [7, 11) is 11.2. The molecule has 4 aromatic heterocycles. The van der Waals surface area contributed by atoms with Crippen molar-refractivity contribution in [3.8, 4) is 46.0 Å². The molecular formula is C96H123ClF6LiN22O15-. The van der Waals surface area contributed by atoms with Gasteiger partial charge in [0.1, 0.15) is 68.2 Å². The number of hydrogen-bond donors (Lipinski definition) is 8. The second-order valence-corrected chi connectivity index (χ2v) is 36.8. The smallest absolute Gasteiger partial charge is 0.870 e. The summed E-state index contributed by atoms with van der Waals surface area (Å²) in [5.41, 5.74) is 25.3. The SMILES string of the molecule is CC(C)(C)OC(=O)N1CC2CCC1CN2.CCN[C@H](CC(=O)N1CC2CCC1CN2c1nc(N)c2cc(OC)c(OC)c(F)c2n1)c1ccc(F)cc1.CCN[C@H](C[C-]=O)c1ccc(F)cc1.COc1cc2c(N)nc(Cl)nc2c(F)c1OC.COc1cc2c(N)nc(N3CC4CCC3CN4)nc2c(F)c1OC.COc1cc2c(N)nc(N3CC4CCC3CN4C(=O)OC(C)(C)C)nc2c(F)c1OC.[Li+].[OH-]. The molecule has 10 aromatic rings. The zero-order valence-electron chi connectivity index (χ0n) is 82.2. The van der Waals surface area contributed by atoms with Crippen molar-refractivity contribution in [2.24, 2.45) is 0 Å². The van der Waals surface area contributed by atoms with E-state index < -0.39 is 28.9 Å². The van der Waals surface area contributed by atoms with Gasteiger partial charge in [-0.15, -0.1) is 6.42 Å². The van der Waals surface area contributed by atoms with Gasteiger partial charge in [-0.05, 0) is 177 Å². The minimum Gasteiger partial charge on any atom is -0.870 e. The van der Waals surface area contributed by atoms with Crippen LogP contribution >= 0.6 is 11.6 Å². The van der Waals surface area contributed by atoms with Gasteiger partial charge in [-0.25, -0.2) is 60.9 Å². The molecule has 6 aromatic carbocycles. The van der Waals surface area contributed by atoms with Gasteiger partial charge >= 0.3 is 31.0 Å². The number of anilines is 7. The molecule has 12 aliphatic heterocycles. The Morgan fingerprint density at radius 1 is 0.433 bits per heavy atom. The van der Waals surface area contributed by atoms with Crippen molar-refractivity contribution in [2.75, 3.05) is 160 Å². The zero-order chi connectivity index (χ0) is 100. The summed E-state index contributed by atoms with van der Waals surface area (Å²) in [6, 6.07) is 19.9. The number of aromatic nitrogens is 8. The van der Waals surface area contributed by atoms with Crippen molar-refractivity contribution in [3.05, 3.63) is 124 Å². The van der Waals surface area contributed by atoms with Crippen LogP contribution in [-0.2, 0) is 19.1 Å². The van der Waals surface area contributed by atoms with Crippen LogP contribution in [0.4, 0.5) is 77.0 Å². The molecule has 45 heteroatoms. The average molecular weight is 1980 g/mol. The van der Waals surface area contributed by atoms with E-state index >= 15 is 8.78 Å². The monoisotopic (exact) mass is 1980 g/mol. The van der Waals surface area contributed by atoms with Crippen LogP contribution in [0.2, 0.25) is 5.28 Å². The van der Waals surface area contributed by atoms with Crippen molar-refractivity contribution in [3.63, 3.8) is 0 Å². The summed E-state index contributed by atoms with van der Waals surface area (Å²) < 4.78 is 137. The number of nitrogens with zero attached hydrogens (tertiary/aromatic N) is 14. The number of carbonyl (C=O) groups is 3. The molecule has 0 aliphatic carbocycles. The molecule has 0 saturated carbocycles. The van der Waals surface area contributed by atoms with Crippen LogP contribution < -0.4 is 116 Å². The zero-order valence-corrected chi connectivity index (χ0v) is 83.0. The number of nitrogens with one attached hydrogen (secondary N) is 4. The number of amides is 3. The fraction of sp³-hybridized carbons (Fsp3) is 0.500. The van der Waals surface area contributed by atoms with Gasteiger partial charge < -0.3 is 131 Å². The number of ether oxygens (including phenoxy) is 10. The summed E-state index contributed by atoms with van der Waals surface area (Å²) in [5, 5.41) is 14.7. The van der Waals surface area contributed by atoms with Crippen LogP contribution in [0.5, 0.6) is 46.0 Å². The molecule has 0 radical (unpaired) electrons. The third kappa shape index (κ3) is 24.9. The number of methoxy groups -OCH3 is 8. The average Bonchev–Trinajstić information content (AvgIpc) is 0.759. The molecule has 12 fully saturated rings. The quantitative estimate of drug-likeness (QED) is 0.0143. The van der Waals surface area contributed by atoms with Crippen LogP contribution in [0.15, 0.2) is 72.8 Å². The molecule has 16 heterocycles. The molecule has 37 nitrogen and oxygen atoms in total. The Labute approximate surface area is 830 Å². The number of piperidine rings is 8. The maximum atomic E-state index is 15.3. The number of carbonyl (C=O) groups excluding carboxylic acids is 4. The summed E-state index contributed by atoms with van der Waals surface area (Å²) >= 11 is 5.62. The molecule has 8 bridgehead atoms. The molecule has 758 valence electrons. The van der Waals surface area contributed by atoms with Gasteiger partial charge in [0, 0.05) is 135 Å². The molecule has 22 rings (SSSR count). The Hall–Kier alpha value is -12.4. The van der Waals surface area contributed by atoms with Gasteiger partial charge in [0.15, 0.2) is 69.3 Å². The Balaban J connectivity index is 0.000000167. The van der Waals surface area contributed by atoms with E-state index in [2.05, 4.69) is 66.0 Å². The number of rotatable bonds is 21. The Bertz CT molecular complexity index is 6060. The van der Waals surface area contributed by atoms with E-state index in [4.69, 9.17) is 81.9 Å². The van der Waals surface area contributed by atoms with E-state index in [0.717, 1.165) is 88.8 Å². The number of nitrogen functional groups attached to an aromatic ring is 4. The number of piperazine rings is 4. The first-order valence-electron chi connectivity index (χ1n) is 45.9. The fourth-order valence-corrected chi connectivity index (χ4v) is 18.8. The van der Waals surface area contributed by atoms with Gasteiger partial charge in [-0.3, -0.25) is 11.1 Å². The van der Waals surface area contributed by atoms with Crippen molar-refractivity contribution >= 4 is 121 Å². The van der Waals surface area contributed by atoms with Gasteiger partial charge in [0.25, 0.3) is 0 Å². The normalized spacial score (nSPS) is 19.5. The molecule has 0 spiro atoms. The molecular weight excluding hydrogens is 1860 g/mol. The van der Waals surface area contributed by atoms with E-state index in [-0.39, 0.29) is 199 Å². The number of benzene rings is 6. The van der Waals surface area contributed by atoms with Gasteiger partial charge in [-0.2, -0.15) is 15.0 Å². The van der Waals surface area contributed by atoms with Crippen LogP contribution in [-0.4, -0.2) is 266 Å². The minimum atomic E-state index is -0.683. The summed E-state index contributed by atoms with van der Waals surface area (Å²) in [6.07, 6.45) is 9.92. The maximum Gasteiger partial charge on any atom is 1.00 e. The molecule has 141 heavy (non-hydrogen) atoms. The van der Waals surface area contributed by atoms with Crippen LogP contribution in [0.3, 0.4) is 0 Å². The van der Waals surface area contributed by atoms with Crippen LogP contribution in [0.1, 0.15) is 143 Å². The molecule has 8 unspecified atom stereocenters. The number of hydrogen-bond acceptors (Lipinski definition) is 34. The fourth-order valence-electron chi connectivity index (χ4n) is 18.6. The first-order valence-corrected chi connectivity index (χ1v) is 46.3. The molecule has 12 aliphatic rings. The van der Waals surface area contributed by atoms with Gasteiger partial charge in [0.05, 0.1) is 62.9 Å².